The van der Waals surface area contributed by atoms with Crippen molar-refractivity contribution in [2.24, 2.45) is 10.9 Å². The van der Waals surface area contributed by atoms with Crippen LogP contribution < -0.4 is 10.1 Å². The van der Waals surface area contributed by atoms with Gasteiger partial charge in [0.15, 0.2) is 5.96 Å². The molecule has 1 N–H and O–H groups in total. The number of benzene rings is 1. The minimum Gasteiger partial charge on any atom is -0.496 e. The first-order valence-corrected chi connectivity index (χ1v) is 9.85. The number of para-hydroxylation sites is 1. The standard InChI is InChI=1S/C21H31N5O/c1-4-23-21(24-11-9-18-7-5-6-8-20(18)27-3)25-13-10-17(2)19(15-25)26-14-12-22-16-26/h5-8,12,14,16-17,19H,4,9-11,13,15H2,1-3H3,(H,23,24). The molecule has 2 atom stereocenters. The first-order valence-electron chi connectivity index (χ1n) is 9.85. The molecular formula is C21H31N5O. The zero-order valence-corrected chi connectivity index (χ0v) is 16.6. The molecule has 3 rings (SSSR count). The molecule has 0 bridgehead atoms. The average Bonchev–Trinajstić information content (AvgIpc) is 3.23. The quantitative estimate of drug-likeness (QED) is 0.628. The number of methoxy groups -OCH3 is 1. The number of aliphatic imine (C=N–C) groups is 1. The first-order chi connectivity index (χ1) is 13.2. The molecule has 146 valence electrons. The number of hydrogen-bond acceptors (Lipinski definition) is 3. The van der Waals surface area contributed by atoms with Crippen LogP contribution in [0.4, 0.5) is 0 Å². The number of nitrogens with zero attached hydrogens (tertiary/aromatic N) is 4. The molecule has 6 nitrogen and oxygen atoms in total. The van der Waals surface area contributed by atoms with Crippen LogP contribution in [0.15, 0.2) is 48.0 Å². The molecule has 1 aromatic carbocycles. The van der Waals surface area contributed by atoms with E-state index in [1.165, 1.54) is 5.56 Å². The van der Waals surface area contributed by atoms with Crippen LogP contribution in [0.25, 0.3) is 0 Å². The Hall–Kier alpha value is -2.50. The van der Waals surface area contributed by atoms with Gasteiger partial charge in [-0.3, -0.25) is 4.99 Å². The van der Waals surface area contributed by atoms with E-state index < -0.39 is 0 Å². The van der Waals surface area contributed by atoms with E-state index in [2.05, 4.69) is 51.9 Å². The van der Waals surface area contributed by atoms with Gasteiger partial charge in [0.2, 0.25) is 0 Å². The van der Waals surface area contributed by atoms with Gasteiger partial charge in [-0.2, -0.15) is 0 Å². The average molecular weight is 370 g/mol. The molecule has 2 aromatic rings. The topological polar surface area (TPSA) is 54.7 Å². The SMILES string of the molecule is CCNC(=NCCc1ccccc1OC)N1CCC(C)C(n2ccnc2)C1. The van der Waals surface area contributed by atoms with Crippen LogP contribution in [0.3, 0.4) is 0 Å². The molecule has 1 fully saturated rings. The van der Waals surface area contributed by atoms with Crippen LogP contribution in [-0.2, 0) is 6.42 Å². The highest BCUT2D eigenvalue weighted by molar-refractivity contribution is 5.80. The van der Waals surface area contributed by atoms with Crippen molar-refractivity contribution >= 4 is 5.96 Å². The van der Waals surface area contributed by atoms with Gasteiger partial charge in [-0.15, -0.1) is 0 Å². The van der Waals surface area contributed by atoms with Crippen LogP contribution in [0.1, 0.15) is 31.9 Å². The highest BCUT2D eigenvalue weighted by atomic mass is 16.5. The van der Waals surface area contributed by atoms with Crippen molar-refractivity contribution in [2.75, 3.05) is 33.3 Å². The van der Waals surface area contributed by atoms with Gasteiger partial charge in [0.05, 0.1) is 19.5 Å². The minimum atomic E-state index is 0.430. The fourth-order valence-corrected chi connectivity index (χ4v) is 3.71. The van der Waals surface area contributed by atoms with E-state index in [4.69, 9.17) is 9.73 Å². The maximum Gasteiger partial charge on any atom is 0.193 e. The van der Waals surface area contributed by atoms with Crippen molar-refractivity contribution in [3.63, 3.8) is 0 Å². The Morgan fingerprint density at radius 2 is 2.22 bits per heavy atom. The monoisotopic (exact) mass is 369 g/mol. The van der Waals surface area contributed by atoms with E-state index >= 15 is 0 Å². The van der Waals surface area contributed by atoms with Crippen molar-refractivity contribution in [3.8, 4) is 5.75 Å². The second-order valence-electron chi connectivity index (χ2n) is 7.09. The van der Waals surface area contributed by atoms with Crippen LogP contribution in [0.2, 0.25) is 0 Å². The Morgan fingerprint density at radius 3 is 2.96 bits per heavy atom. The van der Waals surface area contributed by atoms with Crippen LogP contribution in [0, 0.1) is 5.92 Å². The van der Waals surface area contributed by atoms with E-state index in [-0.39, 0.29) is 0 Å². The van der Waals surface area contributed by atoms with Crippen LogP contribution in [-0.4, -0.2) is 53.7 Å². The van der Waals surface area contributed by atoms with Crippen molar-refractivity contribution < 1.29 is 4.74 Å². The van der Waals surface area contributed by atoms with E-state index in [1.807, 2.05) is 24.7 Å². The minimum absolute atomic E-state index is 0.430. The lowest BCUT2D eigenvalue weighted by Gasteiger charge is -2.39. The first kappa shape index (κ1) is 19.3. The molecule has 0 radical (unpaired) electrons. The number of aromatic nitrogens is 2. The van der Waals surface area contributed by atoms with E-state index in [0.29, 0.717) is 12.0 Å². The Morgan fingerprint density at radius 1 is 1.37 bits per heavy atom. The molecule has 1 aliphatic heterocycles. The van der Waals surface area contributed by atoms with Crippen molar-refractivity contribution in [1.29, 1.82) is 0 Å². The molecule has 0 aliphatic carbocycles. The number of likely N-dealkylation sites (tertiary alicyclic amines) is 1. The van der Waals surface area contributed by atoms with Gasteiger partial charge in [0, 0.05) is 38.6 Å². The van der Waals surface area contributed by atoms with Gasteiger partial charge in [0.1, 0.15) is 5.75 Å². The Bertz CT molecular complexity index is 728. The summed E-state index contributed by atoms with van der Waals surface area (Å²) in [7, 11) is 1.72. The second kappa shape index (κ2) is 9.44. The zero-order chi connectivity index (χ0) is 19.1. The molecular weight excluding hydrogens is 338 g/mol. The lowest BCUT2D eigenvalue weighted by molar-refractivity contribution is 0.189. The highest BCUT2D eigenvalue weighted by Crippen LogP contribution is 2.27. The van der Waals surface area contributed by atoms with Crippen molar-refractivity contribution in [2.45, 2.75) is 32.7 Å². The van der Waals surface area contributed by atoms with Gasteiger partial charge >= 0.3 is 0 Å². The third-order valence-corrected chi connectivity index (χ3v) is 5.30. The fourth-order valence-electron chi connectivity index (χ4n) is 3.71. The largest absolute Gasteiger partial charge is 0.496 e. The summed E-state index contributed by atoms with van der Waals surface area (Å²) in [4.78, 5) is 11.5. The molecule has 27 heavy (non-hydrogen) atoms. The maximum absolute atomic E-state index is 5.45. The number of hydrogen-bond donors (Lipinski definition) is 1. The van der Waals surface area contributed by atoms with Gasteiger partial charge in [0.25, 0.3) is 0 Å². The lowest BCUT2D eigenvalue weighted by Crippen LogP contribution is -2.49. The number of imidazole rings is 1. The molecule has 6 heteroatoms. The lowest BCUT2D eigenvalue weighted by atomic mass is 9.93. The number of guanidine groups is 1. The van der Waals surface area contributed by atoms with Crippen LogP contribution >= 0.6 is 0 Å². The van der Waals surface area contributed by atoms with Gasteiger partial charge in [-0.1, -0.05) is 25.1 Å². The number of piperidine rings is 1. The zero-order valence-electron chi connectivity index (χ0n) is 16.6. The molecule has 0 spiro atoms. The fraction of sp³-hybridized carbons (Fsp3) is 0.524. The molecule has 1 saturated heterocycles. The Balaban J connectivity index is 1.68. The third-order valence-electron chi connectivity index (χ3n) is 5.30. The van der Waals surface area contributed by atoms with Crippen molar-refractivity contribution in [1.82, 2.24) is 19.8 Å². The normalized spacial score (nSPS) is 20.6. The number of nitrogens with one attached hydrogen (secondary N) is 1. The number of rotatable bonds is 6. The van der Waals surface area contributed by atoms with E-state index in [1.54, 1.807) is 7.11 Å². The Labute approximate surface area is 162 Å². The molecule has 2 heterocycles. The second-order valence-corrected chi connectivity index (χ2v) is 7.09. The van der Waals surface area contributed by atoms with Gasteiger partial charge in [-0.05, 0) is 37.3 Å². The predicted molar refractivity (Wildman–Crippen MR) is 109 cm³/mol. The summed E-state index contributed by atoms with van der Waals surface area (Å²) in [6.07, 6.45) is 7.87. The van der Waals surface area contributed by atoms with E-state index in [9.17, 15) is 0 Å². The Kier molecular flexibility index (Phi) is 6.74. The molecule has 0 saturated carbocycles. The third kappa shape index (κ3) is 4.81. The summed E-state index contributed by atoms with van der Waals surface area (Å²) in [5.41, 5.74) is 1.20. The molecule has 0 amide bonds. The predicted octanol–water partition coefficient (Wildman–Crippen LogP) is 2.98. The smallest absolute Gasteiger partial charge is 0.193 e. The highest BCUT2D eigenvalue weighted by Gasteiger charge is 2.28. The maximum atomic E-state index is 5.45. The summed E-state index contributed by atoms with van der Waals surface area (Å²) in [5, 5.41) is 3.47. The van der Waals surface area contributed by atoms with E-state index in [0.717, 1.165) is 50.7 Å². The molecule has 2 unspecified atom stereocenters. The summed E-state index contributed by atoms with van der Waals surface area (Å²) in [6.45, 7) is 8.05. The number of ether oxygens (including phenoxy) is 1. The van der Waals surface area contributed by atoms with Gasteiger partial charge in [-0.25, -0.2) is 4.98 Å². The molecule has 1 aromatic heterocycles. The molecule has 1 aliphatic rings. The summed E-state index contributed by atoms with van der Waals surface area (Å²) in [6, 6.07) is 8.60. The summed E-state index contributed by atoms with van der Waals surface area (Å²) >= 11 is 0. The van der Waals surface area contributed by atoms with Crippen LogP contribution in [0.5, 0.6) is 5.75 Å². The van der Waals surface area contributed by atoms with Gasteiger partial charge < -0.3 is 19.5 Å². The summed E-state index contributed by atoms with van der Waals surface area (Å²) in [5.74, 6) is 2.57. The summed E-state index contributed by atoms with van der Waals surface area (Å²) < 4.78 is 7.68. The van der Waals surface area contributed by atoms with Crippen molar-refractivity contribution in [3.05, 3.63) is 48.5 Å².